The van der Waals surface area contributed by atoms with Gasteiger partial charge >= 0.3 is 0 Å². The highest BCUT2D eigenvalue weighted by Crippen LogP contribution is 2.31. The number of rotatable bonds is 5. The lowest BCUT2D eigenvalue weighted by molar-refractivity contribution is 0.468. The number of hydrogen-bond acceptors (Lipinski definition) is 2. The number of benzene rings is 2. The number of halogens is 1. The first-order chi connectivity index (χ1) is 10.0. The van der Waals surface area contributed by atoms with Crippen molar-refractivity contribution in [1.29, 1.82) is 0 Å². The first-order valence-electron chi connectivity index (χ1n) is 7.29. The highest BCUT2D eigenvalue weighted by Gasteiger charge is 2.11. The molecule has 3 heteroatoms. The fourth-order valence-corrected chi connectivity index (χ4v) is 2.60. The van der Waals surface area contributed by atoms with Gasteiger partial charge in [-0.3, -0.25) is 0 Å². The minimum Gasteiger partial charge on any atom is -0.457 e. The average Bonchev–Trinajstić information content (AvgIpc) is 2.46. The number of nitrogens with two attached hydrogens (primary N) is 1. The molecule has 2 aromatic carbocycles. The summed E-state index contributed by atoms with van der Waals surface area (Å²) in [5, 5.41) is 0. The fraction of sp³-hybridized carbons (Fsp3) is 0.333. The third-order valence-corrected chi connectivity index (χ3v) is 4.30. The molecule has 112 valence electrons. The summed E-state index contributed by atoms with van der Waals surface area (Å²) >= 11 is 3.52. The predicted molar refractivity (Wildman–Crippen MR) is 92.1 cm³/mol. The normalized spacial score (nSPS) is 12.2. The Morgan fingerprint density at radius 1 is 1.14 bits per heavy atom. The van der Waals surface area contributed by atoms with E-state index in [2.05, 4.69) is 48.8 Å². The number of ether oxygens (including phenoxy) is 1. The van der Waals surface area contributed by atoms with Gasteiger partial charge in [0.1, 0.15) is 11.5 Å². The zero-order valence-corrected chi connectivity index (χ0v) is 14.4. The van der Waals surface area contributed by atoms with Crippen LogP contribution in [0, 0.1) is 13.8 Å². The van der Waals surface area contributed by atoms with E-state index in [1.54, 1.807) is 0 Å². The Morgan fingerprint density at radius 3 is 2.62 bits per heavy atom. The molecule has 2 N–H and O–H groups in total. The van der Waals surface area contributed by atoms with Crippen molar-refractivity contribution < 1.29 is 4.74 Å². The summed E-state index contributed by atoms with van der Waals surface area (Å²) in [7, 11) is 0. The summed E-state index contributed by atoms with van der Waals surface area (Å²) in [6.45, 7) is 6.28. The van der Waals surface area contributed by atoms with Crippen LogP contribution < -0.4 is 10.5 Å². The minimum atomic E-state index is 0.153. The molecule has 0 aliphatic carbocycles. The summed E-state index contributed by atoms with van der Waals surface area (Å²) in [6, 6.07) is 12.4. The van der Waals surface area contributed by atoms with E-state index < -0.39 is 0 Å². The molecule has 0 saturated heterocycles. The van der Waals surface area contributed by atoms with E-state index in [4.69, 9.17) is 10.5 Å². The Morgan fingerprint density at radius 2 is 1.90 bits per heavy atom. The molecule has 21 heavy (non-hydrogen) atoms. The van der Waals surface area contributed by atoms with Gasteiger partial charge in [-0.25, -0.2) is 0 Å². The first kappa shape index (κ1) is 16.1. The molecule has 1 unspecified atom stereocenters. The van der Waals surface area contributed by atoms with Crippen LogP contribution in [-0.2, 0) is 6.42 Å². The van der Waals surface area contributed by atoms with Crippen molar-refractivity contribution >= 4 is 15.9 Å². The lowest BCUT2D eigenvalue weighted by atomic mass is 10.0. The number of aryl methyl sites for hydroxylation is 1. The Balaban J connectivity index is 2.33. The molecule has 0 bridgehead atoms. The van der Waals surface area contributed by atoms with Crippen LogP contribution in [0.4, 0.5) is 0 Å². The monoisotopic (exact) mass is 347 g/mol. The SMILES string of the molecule is CCC(N)Cc1cc(Br)ccc1Oc1cccc(C)c1C. The standard InChI is InChI=1S/C18H22BrNO/c1-4-16(20)11-14-10-15(19)8-9-18(14)21-17-7-5-6-12(2)13(17)3/h5-10,16H,4,11,20H2,1-3H3. The van der Waals surface area contributed by atoms with Crippen molar-refractivity contribution in [2.75, 3.05) is 0 Å². The zero-order chi connectivity index (χ0) is 15.4. The molecule has 1 atom stereocenters. The van der Waals surface area contributed by atoms with Gasteiger partial charge in [-0.1, -0.05) is 35.0 Å². The molecule has 0 heterocycles. The summed E-state index contributed by atoms with van der Waals surface area (Å²) in [6.07, 6.45) is 1.77. The molecule has 0 fully saturated rings. The summed E-state index contributed by atoms with van der Waals surface area (Å²) in [4.78, 5) is 0. The van der Waals surface area contributed by atoms with E-state index in [-0.39, 0.29) is 6.04 Å². The molecule has 0 aromatic heterocycles. The van der Waals surface area contributed by atoms with E-state index in [0.29, 0.717) is 0 Å². The van der Waals surface area contributed by atoms with Crippen molar-refractivity contribution in [3.05, 3.63) is 57.6 Å². The molecular weight excluding hydrogens is 326 g/mol. The second-order valence-electron chi connectivity index (χ2n) is 5.42. The Hall–Kier alpha value is -1.32. The molecule has 0 aliphatic rings. The van der Waals surface area contributed by atoms with Gasteiger partial charge in [-0.15, -0.1) is 0 Å². The summed E-state index contributed by atoms with van der Waals surface area (Å²) in [5.41, 5.74) is 9.64. The zero-order valence-electron chi connectivity index (χ0n) is 12.8. The van der Waals surface area contributed by atoms with Crippen molar-refractivity contribution in [2.45, 2.75) is 39.7 Å². The topological polar surface area (TPSA) is 35.2 Å². The smallest absolute Gasteiger partial charge is 0.130 e. The summed E-state index contributed by atoms with van der Waals surface area (Å²) in [5.74, 6) is 1.79. The second kappa shape index (κ2) is 7.10. The lowest BCUT2D eigenvalue weighted by Gasteiger charge is -2.16. The van der Waals surface area contributed by atoms with Crippen molar-refractivity contribution in [1.82, 2.24) is 0 Å². The Labute approximate surface area is 135 Å². The second-order valence-corrected chi connectivity index (χ2v) is 6.34. The highest BCUT2D eigenvalue weighted by molar-refractivity contribution is 9.10. The van der Waals surface area contributed by atoms with Crippen LogP contribution in [0.25, 0.3) is 0 Å². The largest absolute Gasteiger partial charge is 0.457 e. The van der Waals surface area contributed by atoms with Crippen LogP contribution in [0.5, 0.6) is 11.5 Å². The minimum absolute atomic E-state index is 0.153. The van der Waals surface area contributed by atoms with Crippen LogP contribution in [0.1, 0.15) is 30.0 Å². The van der Waals surface area contributed by atoms with Crippen LogP contribution in [0.2, 0.25) is 0 Å². The number of hydrogen-bond donors (Lipinski definition) is 1. The summed E-state index contributed by atoms with van der Waals surface area (Å²) < 4.78 is 7.20. The van der Waals surface area contributed by atoms with Crippen molar-refractivity contribution in [2.24, 2.45) is 5.73 Å². The van der Waals surface area contributed by atoms with Gasteiger partial charge in [-0.2, -0.15) is 0 Å². The van der Waals surface area contributed by atoms with Crippen molar-refractivity contribution in [3.8, 4) is 11.5 Å². The molecule has 0 aliphatic heterocycles. The van der Waals surface area contributed by atoms with Gasteiger partial charge in [0.05, 0.1) is 0 Å². The maximum absolute atomic E-state index is 6.15. The molecule has 2 aromatic rings. The van der Waals surface area contributed by atoms with Crippen LogP contribution in [-0.4, -0.2) is 6.04 Å². The third kappa shape index (κ3) is 4.08. The predicted octanol–water partition coefficient (Wildman–Crippen LogP) is 5.14. The van der Waals surface area contributed by atoms with Crippen LogP contribution in [0.3, 0.4) is 0 Å². The molecule has 2 nitrogen and oxygen atoms in total. The van der Waals surface area contributed by atoms with Crippen LogP contribution in [0.15, 0.2) is 40.9 Å². The van der Waals surface area contributed by atoms with Crippen molar-refractivity contribution in [3.63, 3.8) is 0 Å². The Kier molecular flexibility index (Phi) is 5.43. The lowest BCUT2D eigenvalue weighted by Crippen LogP contribution is -2.21. The molecule has 2 rings (SSSR count). The van der Waals surface area contributed by atoms with E-state index in [0.717, 1.165) is 34.4 Å². The molecular formula is C18H22BrNO. The van der Waals surface area contributed by atoms with Gasteiger partial charge < -0.3 is 10.5 Å². The Bertz CT molecular complexity index is 625. The first-order valence-corrected chi connectivity index (χ1v) is 8.08. The quantitative estimate of drug-likeness (QED) is 0.812. The molecule has 0 amide bonds. The third-order valence-electron chi connectivity index (χ3n) is 3.80. The maximum atomic E-state index is 6.15. The van der Waals surface area contributed by atoms with Crippen LogP contribution >= 0.6 is 15.9 Å². The van der Waals surface area contributed by atoms with E-state index in [1.165, 1.54) is 11.1 Å². The van der Waals surface area contributed by atoms with Gasteiger partial charge in [0.15, 0.2) is 0 Å². The van der Waals surface area contributed by atoms with Gasteiger partial charge in [0.25, 0.3) is 0 Å². The van der Waals surface area contributed by atoms with E-state index >= 15 is 0 Å². The van der Waals surface area contributed by atoms with Gasteiger partial charge in [0.2, 0.25) is 0 Å². The van der Waals surface area contributed by atoms with Gasteiger partial charge in [-0.05, 0) is 67.6 Å². The van der Waals surface area contributed by atoms with Gasteiger partial charge in [0, 0.05) is 10.5 Å². The van der Waals surface area contributed by atoms with E-state index in [9.17, 15) is 0 Å². The van der Waals surface area contributed by atoms with E-state index in [1.807, 2.05) is 24.3 Å². The maximum Gasteiger partial charge on any atom is 0.130 e. The molecule has 0 saturated carbocycles. The molecule has 0 spiro atoms. The average molecular weight is 348 g/mol. The molecule has 0 radical (unpaired) electrons. The highest BCUT2D eigenvalue weighted by atomic mass is 79.9. The fourth-order valence-electron chi connectivity index (χ4n) is 2.19.